The van der Waals surface area contributed by atoms with Gasteiger partial charge in [0.2, 0.25) is 0 Å². The second kappa shape index (κ2) is 42.6. The Morgan fingerprint density at radius 1 is 0.383 bits per heavy atom. The minimum Gasteiger partial charge on any atom is -0.548 e. The maximum absolute atomic E-state index is 11.9. The van der Waals surface area contributed by atoms with Crippen LogP contribution < -0.4 is 34.7 Å². The van der Waals surface area contributed by atoms with Crippen LogP contribution in [0.3, 0.4) is 0 Å². The van der Waals surface area contributed by atoms with Crippen molar-refractivity contribution in [1.29, 1.82) is 0 Å². The summed E-state index contributed by atoms with van der Waals surface area (Å²) in [6, 6.07) is -0.396. The zero-order valence-corrected chi connectivity index (χ0v) is 35.2. The van der Waals surface area contributed by atoms with E-state index in [0.717, 1.165) is 38.8 Å². The number of carboxylic acids is 1. The minimum atomic E-state index is -0.860. The maximum atomic E-state index is 11.9. The molecule has 0 rings (SSSR count). The van der Waals surface area contributed by atoms with E-state index in [-0.39, 0.29) is 29.6 Å². The average Bonchev–Trinajstić information content (AvgIpc) is 3.05. The second-order valence-corrected chi connectivity index (χ2v) is 15.0. The van der Waals surface area contributed by atoms with Crippen LogP contribution >= 0.6 is 0 Å². The summed E-state index contributed by atoms with van der Waals surface area (Å²) in [6.07, 6.45) is 48.6. The molecule has 0 aliphatic rings. The molecule has 276 valence electrons. The molecule has 0 aromatic rings. The molecule has 3 nitrogen and oxygen atoms in total. The predicted octanol–water partition coefficient (Wildman–Crippen LogP) is 10.5. The van der Waals surface area contributed by atoms with Gasteiger partial charge < -0.3 is 9.90 Å². The van der Waals surface area contributed by atoms with E-state index >= 15 is 0 Å². The zero-order valence-electron chi connectivity index (χ0n) is 33.2. The quantitative estimate of drug-likeness (QED) is 0.0481. The fraction of sp³-hybridized carbons (Fsp3) is 0.977. The molecule has 0 aromatic heterocycles. The monoisotopic (exact) mass is 672 g/mol. The van der Waals surface area contributed by atoms with E-state index in [4.69, 9.17) is 0 Å². The maximum Gasteiger partial charge on any atom is 1.00 e. The van der Waals surface area contributed by atoms with Crippen LogP contribution in [0.25, 0.3) is 0 Å². The van der Waals surface area contributed by atoms with Crippen LogP contribution in [0.15, 0.2) is 0 Å². The zero-order chi connectivity index (χ0) is 33.6. The predicted molar refractivity (Wildman–Crippen MR) is 204 cm³/mol. The van der Waals surface area contributed by atoms with Gasteiger partial charge in [-0.15, -0.1) is 0 Å². The smallest absolute Gasteiger partial charge is 0.548 e. The van der Waals surface area contributed by atoms with Crippen LogP contribution in [0.5, 0.6) is 0 Å². The van der Waals surface area contributed by atoms with Crippen molar-refractivity contribution in [2.24, 2.45) is 0 Å². The Morgan fingerprint density at radius 3 is 0.787 bits per heavy atom. The van der Waals surface area contributed by atoms with Gasteiger partial charge in [0, 0.05) is 6.04 Å². The minimum absolute atomic E-state index is 0. The molecular weight excluding hydrogens is 585 g/mol. The normalized spacial score (nSPS) is 12.1. The Labute approximate surface area is 319 Å². The summed E-state index contributed by atoms with van der Waals surface area (Å²) in [7, 11) is 0. The van der Waals surface area contributed by atoms with E-state index in [1.165, 1.54) is 205 Å². The van der Waals surface area contributed by atoms with Crippen molar-refractivity contribution in [1.82, 2.24) is 4.90 Å². The molecule has 1 atom stereocenters. The Kier molecular flexibility index (Phi) is 44.9. The largest absolute Gasteiger partial charge is 1.00 e. The van der Waals surface area contributed by atoms with Gasteiger partial charge in [-0.05, 0) is 32.4 Å². The number of hydrogen-bond acceptors (Lipinski definition) is 3. The number of aliphatic carboxylic acids is 1. The second-order valence-electron chi connectivity index (χ2n) is 15.0. The molecule has 0 fully saturated rings. The van der Waals surface area contributed by atoms with Gasteiger partial charge in [-0.2, -0.15) is 0 Å². The van der Waals surface area contributed by atoms with Gasteiger partial charge in [-0.25, -0.2) is 0 Å². The SMILES string of the molecule is CCCCCCCCCCCCCCCCCCCN(CCCCCCCCCCCCCCCCCCC)C(CCC)C(=O)[O-].[Na+]. The Bertz CT molecular complexity index is 548. The number of carbonyl (C=O) groups excluding carboxylic acids is 1. The molecule has 0 saturated heterocycles. The third-order valence-corrected chi connectivity index (χ3v) is 10.4. The van der Waals surface area contributed by atoms with Gasteiger partial charge in [-0.1, -0.05) is 233 Å². The summed E-state index contributed by atoms with van der Waals surface area (Å²) in [6.45, 7) is 8.54. The van der Waals surface area contributed by atoms with Gasteiger partial charge >= 0.3 is 29.6 Å². The standard InChI is InChI=1S/C43H87NO2.Na/c1-4-7-9-11-13-15-17-19-21-23-25-27-29-31-33-35-37-40-44(42(39-6-3)43(45)46)41-38-36-34-32-30-28-26-24-22-20-18-16-14-12-10-8-5-2;/h42H,4-41H2,1-3H3,(H,45,46);/q;+1/p-1. The first-order valence-corrected chi connectivity index (χ1v) is 21.6. The van der Waals surface area contributed by atoms with Gasteiger partial charge in [0.15, 0.2) is 0 Å². The Balaban J connectivity index is 0. The van der Waals surface area contributed by atoms with Crippen molar-refractivity contribution in [2.75, 3.05) is 13.1 Å². The van der Waals surface area contributed by atoms with E-state index in [0.29, 0.717) is 0 Å². The Morgan fingerprint density at radius 2 is 0.596 bits per heavy atom. The molecule has 0 heterocycles. The summed E-state index contributed by atoms with van der Waals surface area (Å²) in [5, 5.41) is 11.9. The van der Waals surface area contributed by atoms with Crippen molar-refractivity contribution in [3.63, 3.8) is 0 Å². The fourth-order valence-electron chi connectivity index (χ4n) is 7.23. The molecule has 0 N–H and O–H groups in total. The summed E-state index contributed by atoms with van der Waals surface area (Å²) in [4.78, 5) is 14.2. The summed E-state index contributed by atoms with van der Waals surface area (Å²) in [5.41, 5.74) is 0. The molecule has 0 aliphatic carbocycles. The first-order valence-electron chi connectivity index (χ1n) is 21.6. The molecule has 47 heavy (non-hydrogen) atoms. The Hall–Kier alpha value is 0.430. The van der Waals surface area contributed by atoms with Crippen LogP contribution in [-0.4, -0.2) is 30.0 Å². The van der Waals surface area contributed by atoms with Crippen LogP contribution in [0.4, 0.5) is 0 Å². The molecule has 0 bridgehead atoms. The van der Waals surface area contributed by atoms with Crippen LogP contribution in [-0.2, 0) is 4.79 Å². The molecule has 4 heteroatoms. The molecule has 0 spiro atoms. The molecule has 0 radical (unpaired) electrons. The molecule has 0 saturated carbocycles. The van der Waals surface area contributed by atoms with Gasteiger partial charge in [0.1, 0.15) is 0 Å². The molecule has 0 aromatic carbocycles. The van der Waals surface area contributed by atoms with Gasteiger partial charge in [0.25, 0.3) is 0 Å². The van der Waals surface area contributed by atoms with E-state index in [2.05, 4.69) is 25.7 Å². The van der Waals surface area contributed by atoms with E-state index < -0.39 is 12.0 Å². The topological polar surface area (TPSA) is 43.4 Å². The van der Waals surface area contributed by atoms with E-state index in [1.807, 2.05) is 0 Å². The number of unbranched alkanes of at least 4 members (excludes halogenated alkanes) is 32. The van der Waals surface area contributed by atoms with Crippen molar-refractivity contribution >= 4 is 5.97 Å². The van der Waals surface area contributed by atoms with Crippen molar-refractivity contribution < 1.29 is 39.5 Å². The van der Waals surface area contributed by atoms with E-state index in [1.54, 1.807) is 0 Å². The van der Waals surface area contributed by atoms with Crippen molar-refractivity contribution in [3.8, 4) is 0 Å². The van der Waals surface area contributed by atoms with Gasteiger partial charge in [-0.3, -0.25) is 4.90 Å². The average molecular weight is 672 g/mol. The van der Waals surface area contributed by atoms with Crippen LogP contribution in [0, 0.1) is 0 Å². The number of carbonyl (C=O) groups is 1. The summed E-state index contributed by atoms with van der Waals surface area (Å²) >= 11 is 0. The molecule has 0 amide bonds. The first-order chi connectivity index (χ1) is 22.7. The third kappa shape index (κ3) is 37.5. The van der Waals surface area contributed by atoms with Crippen molar-refractivity contribution in [2.45, 2.75) is 258 Å². The fourth-order valence-corrected chi connectivity index (χ4v) is 7.23. The summed E-state index contributed by atoms with van der Waals surface area (Å²) < 4.78 is 0. The van der Waals surface area contributed by atoms with Crippen LogP contribution in [0.2, 0.25) is 0 Å². The number of hydrogen-bond donors (Lipinski definition) is 0. The molecule has 1 unspecified atom stereocenters. The molecule has 0 aliphatic heterocycles. The number of rotatable bonds is 40. The summed E-state index contributed by atoms with van der Waals surface area (Å²) in [5.74, 6) is -0.860. The third-order valence-electron chi connectivity index (χ3n) is 10.4. The van der Waals surface area contributed by atoms with E-state index in [9.17, 15) is 9.90 Å². The van der Waals surface area contributed by atoms with Crippen molar-refractivity contribution in [3.05, 3.63) is 0 Å². The first kappa shape index (κ1) is 49.5. The van der Waals surface area contributed by atoms with Gasteiger partial charge in [0.05, 0.1) is 5.97 Å². The number of nitrogens with zero attached hydrogens (tertiary/aromatic N) is 1. The number of carboxylic acid groups (broad SMARTS) is 1. The van der Waals surface area contributed by atoms with Crippen LogP contribution in [0.1, 0.15) is 252 Å². The molecular formula is C43H86NNaO2.